The summed E-state index contributed by atoms with van der Waals surface area (Å²) >= 11 is 0. The maximum atomic E-state index is 5.97. The Bertz CT molecular complexity index is 620. The van der Waals surface area contributed by atoms with E-state index in [2.05, 4.69) is 38.2 Å². The zero-order valence-electron chi connectivity index (χ0n) is 15.4. The monoisotopic (exact) mass is 327 g/mol. The molecule has 0 amide bonds. The number of nitrogens with one attached hydrogen (secondary N) is 1. The molecule has 0 saturated carbocycles. The van der Waals surface area contributed by atoms with E-state index in [4.69, 9.17) is 9.47 Å². The van der Waals surface area contributed by atoms with Crippen molar-refractivity contribution in [1.82, 2.24) is 0 Å². The summed E-state index contributed by atoms with van der Waals surface area (Å²) < 4.78 is 11.7. The van der Waals surface area contributed by atoms with E-state index in [1.54, 1.807) is 0 Å². The molecular formula is C21H29NO2. The van der Waals surface area contributed by atoms with Crippen LogP contribution in [-0.4, -0.2) is 18.8 Å². The van der Waals surface area contributed by atoms with Crippen molar-refractivity contribution in [1.29, 1.82) is 0 Å². The Labute approximate surface area is 146 Å². The Morgan fingerprint density at radius 3 is 2.17 bits per heavy atom. The molecule has 0 spiro atoms. The predicted octanol–water partition coefficient (Wildman–Crippen LogP) is 5.48. The van der Waals surface area contributed by atoms with Crippen LogP contribution < -0.4 is 14.8 Å². The maximum Gasteiger partial charge on any atom is 0.121 e. The second kappa shape index (κ2) is 8.62. The fourth-order valence-electron chi connectivity index (χ4n) is 2.42. The quantitative estimate of drug-likeness (QED) is 0.696. The summed E-state index contributed by atoms with van der Waals surface area (Å²) in [5.74, 6) is 2.33. The Kier molecular flexibility index (Phi) is 6.53. The Morgan fingerprint density at radius 2 is 1.54 bits per heavy atom. The summed E-state index contributed by atoms with van der Waals surface area (Å²) in [4.78, 5) is 0. The van der Waals surface area contributed by atoms with E-state index < -0.39 is 0 Å². The van der Waals surface area contributed by atoms with E-state index in [1.807, 2.05) is 50.2 Å². The highest BCUT2D eigenvalue weighted by atomic mass is 16.5. The van der Waals surface area contributed by atoms with Crippen molar-refractivity contribution in [2.24, 2.45) is 0 Å². The van der Waals surface area contributed by atoms with Crippen molar-refractivity contribution in [3.8, 4) is 11.5 Å². The molecule has 2 aromatic carbocycles. The minimum absolute atomic E-state index is 0.0737. The van der Waals surface area contributed by atoms with Crippen molar-refractivity contribution in [3.05, 3.63) is 54.1 Å². The van der Waals surface area contributed by atoms with Crippen LogP contribution in [0.5, 0.6) is 11.5 Å². The van der Waals surface area contributed by atoms with Gasteiger partial charge in [0.1, 0.15) is 17.6 Å². The van der Waals surface area contributed by atoms with Gasteiger partial charge in [-0.1, -0.05) is 32.0 Å². The second-order valence-corrected chi connectivity index (χ2v) is 6.73. The fraction of sp³-hybridized carbons (Fsp3) is 0.429. The Hall–Kier alpha value is -2.16. The molecule has 0 aliphatic carbocycles. The molecule has 2 aromatic rings. The average molecular weight is 327 g/mol. The van der Waals surface area contributed by atoms with Crippen LogP contribution in [0.1, 0.15) is 46.1 Å². The van der Waals surface area contributed by atoms with E-state index in [1.165, 1.54) is 5.56 Å². The number of anilines is 1. The normalized spacial score (nSPS) is 12.3. The molecule has 3 nitrogen and oxygen atoms in total. The molecule has 0 aliphatic rings. The molecule has 0 saturated heterocycles. The first-order valence-electron chi connectivity index (χ1n) is 8.71. The Morgan fingerprint density at radius 1 is 0.833 bits per heavy atom. The fourth-order valence-corrected chi connectivity index (χ4v) is 2.42. The lowest BCUT2D eigenvalue weighted by Gasteiger charge is -2.17. The van der Waals surface area contributed by atoms with Crippen LogP contribution in [0.3, 0.4) is 0 Å². The summed E-state index contributed by atoms with van der Waals surface area (Å²) in [5, 5.41) is 3.40. The molecule has 1 atom stereocenters. The van der Waals surface area contributed by atoms with Gasteiger partial charge in [-0.15, -0.1) is 0 Å². The number of benzene rings is 2. The highest BCUT2D eigenvalue weighted by Crippen LogP contribution is 2.21. The summed E-state index contributed by atoms with van der Waals surface area (Å²) in [6.07, 6.45) is 0.251. The third kappa shape index (κ3) is 5.80. The molecule has 0 fully saturated rings. The standard InChI is InChI=1S/C21H29NO2/c1-15(2)18-9-11-20(12-10-18)24-17(5)14-22-19-7-6-8-21(13-19)23-16(3)4/h6-13,15-17,22H,14H2,1-5H3. The van der Waals surface area contributed by atoms with E-state index >= 15 is 0 Å². The van der Waals surface area contributed by atoms with Gasteiger partial charge in [-0.2, -0.15) is 0 Å². The number of rotatable bonds is 8. The lowest BCUT2D eigenvalue weighted by atomic mass is 10.0. The highest BCUT2D eigenvalue weighted by Gasteiger charge is 2.06. The summed E-state index contributed by atoms with van der Waals surface area (Å²) in [6, 6.07) is 16.4. The molecule has 130 valence electrons. The predicted molar refractivity (Wildman–Crippen MR) is 101 cm³/mol. The molecule has 0 aliphatic heterocycles. The zero-order chi connectivity index (χ0) is 17.5. The first-order chi connectivity index (χ1) is 11.4. The van der Waals surface area contributed by atoms with Gasteiger partial charge in [0.05, 0.1) is 12.6 Å². The average Bonchev–Trinajstić information content (AvgIpc) is 2.53. The van der Waals surface area contributed by atoms with Crippen LogP contribution >= 0.6 is 0 Å². The van der Waals surface area contributed by atoms with Crippen molar-refractivity contribution in [3.63, 3.8) is 0 Å². The van der Waals surface area contributed by atoms with Crippen molar-refractivity contribution < 1.29 is 9.47 Å². The summed E-state index contributed by atoms with van der Waals surface area (Å²) in [6.45, 7) is 11.2. The number of hydrogen-bond acceptors (Lipinski definition) is 3. The Balaban J connectivity index is 1.85. The maximum absolute atomic E-state index is 5.97. The highest BCUT2D eigenvalue weighted by molar-refractivity contribution is 5.48. The van der Waals surface area contributed by atoms with Crippen LogP contribution in [0.2, 0.25) is 0 Å². The van der Waals surface area contributed by atoms with Crippen molar-refractivity contribution in [2.75, 3.05) is 11.9 Å². The molecule has 0 bridgehead atoms. The van der Waals surface area contributed by atoms with Gasteiger partial charge in [0.2, 0.25) is 0 Å². The topological polar surface area (TPSA) is 30.5 Å². The third-order valence-corrected chi connectivity index (χ3v) is 3.68. The van der Waals surface area contributed by atoms with Crippen LogP contribution in [0.15, 0.2) is 48.5 Å². The van der Waals surface area contributed by atoms with Crippen LogP contribution in [0.25, 0.3) is 0 Å². The number of ether oxygens (including phenoxy) is 2. The second-order valence-electron chi connectivity index (χ2n) is 6.73. The smallest absolute Gasteiger partial charge is 0.121 e. The zero-order valence-corrected chi connectivity index (χ0v) is 15.4. The molecule has 24 heavy (non-hydrogen) atoms. The molecule has 1 unspecified atom stereocenters. The number of hydrogen-bond donors (Lipinski definition) is 1. The van der Waals surface area contributed by atoms with Gasteiger partial charge in [0.15, 0.2) is 0 Å². The van der Waals surface area contributed by atoms with Crippen molar-refractivity contribution >= 4 is 5.69 Å². The van der Waals surface area contributed by atoms with E-state index in [9.17, 15) is 0 Å². The van der Waals surface area contributed by atoms with Gasteiger partial charge in [-0.25, -0.2) is 0 Å². The van der Waals surface area contributed by atoms with Gasteiger partial charge in [0.25, 0.3) is 0 Å². The SMILES string of the molecule is CC(C)Oc1cccc(NCC(C)Oc2ccc(C(C)C)cc2)c1. The van der Waals surface area contributed by atoms with Crippen LogP contribution in [0, 0.1) is 0 Å². The molecule has 1 N–H and O–H groups in total. The van der Waals surface area contributed by atoms with Gasteiger partial charge >= 0.3 is 0 Å². The van der Waals surface area contributed by atoms with Gasteiger partial charge in [-0.3, -0.25) is 0 Å². The molecule has 3 heteroatoms. The van der Waals surface area contributed by atoms with Gasteiger partial charge in [0, 0.05) is 11.8 Å². The molecule has 2 rings (SSSR count). The van der Waals surface area contributed by atoms with E-state index in [0.717, 1.165) is 23.7 Å². The molecule has 0 aromatic heterocycles. The lowest BCUT2D eigenvalue weighted by Crippen LogP contribution is -2.22. The van der Waals surface area contributed by atoms with Crippen molar-refractivity contribution in [2.45, 2.75) is 52.7 Å². The third-order valence-electron chi connectivity index (χ3n) is 3.68. The minimum atomic E-state index is 0.0737. The first kappa shape index (κ1) is 18.2. The lowest BCUT2D eigenvalue weighted by molar-refractivity contribution is 0.234. The first-order valence-corrected chi connectivity index (χ1v) is 8.71. The summed E-state index contributed by atoms with van der Waals surface area (Å²) in [5.41, 5.74) is 2.37. The summed E-state index contributed by atoms with van der Waals surface area (Å²) in [7, 11) is 0. The minimum Gasteiger partial charge on any atom is -0.491 e. The van der Waals surface area contributed by atoms with E-state index in [0.29, 0.717) is 5.92 Å². The van der Waals surface area contributed by atoms with Gasteiger partial charge < -0.3 is 14.8 Å². The van der Waals surface area contributed by atoms with Crippen LogP contribution in [0.4, 0.5) is 5.69 Å². The molecular weight excluding hydrogens is 298 g/mol. The molecule has 0 heterocycles. The van der Waals surface area contributed by atoms with Gasteiger partial charge in [-0.05, 0) is 56.5 Å². The largest absolute Gasteiger partial charge is 0.491 e. The van der Waals surface area contributed by atoms with Crippen LogP contribution in [-0.2, 0) is 0 Å². The van der Waals surface area contributed by atoms with E-state index in [-0.39, 0.29) is 12.2 Å². The molecule has 0 radical (unpaired) electrons.